The number of benzene rings is 2. The van der Waals surface area contributed by atoms with Crippen molar-refractivity contribution in [3.05, 3.63) is 48.3 Å². The second-order valence-electron chi connectivity index (χ2n) is 5.65. The van der Waals surface area contributed by atoms with Gasteiger partial charge in [-0.15, -0.1) is 10.2 Å². The number of ether oxygens (including phenoxy) is 2. The fraction of sp³-hybridized carbons (Fsp3) is 0.222. The van der Waals surface area contributed by atoms with E-state index in [1.807, 2.05) is 12.1 Å². The smallest absolute Gasteiger partial charge is 0.250 e. The van der Waals surface area contributed by atoms with Gasteiger partial charge in [0.1, 0.15) is 12.3 Å². The first-order chi connectivity index (χ1) is 13.0. The molecule has 9 heteroatoms. The third kappa shape index (κ3) is 4.02. The lowest BCUT2D eigenvalue weighted by atomic mass is 10.2. The first kappa shape index (κ1) is 18.3. The molecule has 0 bridgehead atoms. The van der Waals surface area contributed by atoms with Crippen molar-refractivity contribution in [2.75, 3.05) is 26.2 Å². The van der Waals surface area contributed by atoms with Gasteiger partial charge in [0.2, 0.25) is 11.7 Å². The molecule has 0 saturated carbocycles. The van der Waals surface area contributed by atoms with Gasteiger partial charge in [0.05, 0.1) is 14.2 Å². The SMILES string of the molecule is COc1cccc(-c2nnn(CC(=O)N(C)c3ccc(OC)c(F)c3)n2)c1. The minimum atomic E-state index is -0.547. The highest BCUT2D eigenvalue weighted by Crippen LogP contribution is 2.23. The van der Waals surface area contributed by atoms with E-state index in [2.05, 4.69) is 15.4 Å². The van der Waals surface area contributed by atoms with Crippen LogP contribution in [0.15, 0.2) is 42.5 Å². The van der Waals surface area contributed by atoms with Gasteiger partial charge in [0.15, 0.2) is 11.6 Å². The summed E-state index contributed by atoms with van der Waals surface area (Å²) >= 11 is 0. The van der Waals surface area contributed by atoms with Gasteiger partial charge < -0.3 is 14.4 Å². The lowest BCUT2D eigenvalue weighted by molar-refractivity contribution is -0.119. The van der Waals surface area contributed by atoms with Gasteiger partial charge in [-0.25, -0.2) is 4.39 Å². The summed E-state index contributed by atoms with van der Waals surface area (Å²) in [5, 5.41) is 12.1. The molecular weight excluding hydrogens is 353 g/mol. The van der Waals surface area contributed by atoms with Crippen molar-refractivity contribution in [3.63, 3.8) is 0 Å². The number of halogens is 1. The summed E-state index contributed by atoms with van der Waals surface area (Å²) in [5.41, 5.74) is 1.12. The maximum Gasteiger partial charge on any atom is 0.250 e. The van der Waals surface area contributed by atoms with E-state index in [4.69, 9.17) is 9.47 Å². The van der Waals surface area contributed by atoms with Gasteiger partial charge in [-0.05, 0) is 29.5 Å². The van der Waals surface area contributed by atoms with Crippen molar-refractivity contribution >= 4 is 11.6 Å². The zero-order chi connectivity index (χ0) is 19.4. The highest BCUT2D eigenvalue weighted by atomic mass is 19.1. The normalized spacial score (nSPS) is 10.5. The summed E-state index contributed by atoms with van der Waals surface area (Å²) in [4.78, 5) is 15.0. The highest BCUT2D eigenvalue weighted by molar-refractivity contribution is 5.92. The van der Waals surface area contributed by atoms with Crippen LogP contribution < -0.4 is 14.4 Å². The van der Waals surface area contributed by atoms with Crippen LogP contribution in [-0.2, 0) is 11.3 Å². The van der Waals surface area contributed by atoms with Crippen LogP contribution in [0.2, 0.25) is 0 Å². The molecule has 0 radical (unpaired) electrons. The van der Waals surface area contributed by atoms with Crippen LogP contribution in [-0.4, -0.2) is 47.4 Å². The number of rotatable bonds is 6. The van der Waals surface area contributed by atoms with Crippen LogP contribution in [0, 0.1) is 5.82 Å². The van der Waals surface area contributed by atoms with Crippen molar-refractivity contribution in [3.8, 4) is 22.9 Å². The molecule has 0 aliphatic heterocycles. The van der Waals surface area contributed by atoms with E-state index in [0.717, 1.165) is 5.56 Å². The van der Waals surface area contributed by atoms with Crippen LogP contribution in [0.1, 0.15) is 0 Å². The van der Waals surface area contributed by atoms with E-state index in [0.29, 0.717) is 17.3 Å². The Morgan fingerprint density at radius 1 is 1.19 bits per heavy atom. The number of aromatic nitrogens is 4. The molecule has 0 aliphatic carbocycles. The average Bonchev–Trinajstić information content (AvgIpc) is 3.15. The largest absolute Gasteiger partial charge is 0.497 e. The second-order valence-corrected chi connectivity index (χ2v) is 5.65. The molecule has 0 fully saturated rings. The Morgan fingerprint density at radius 2 is 2.00 bits per heavy atom. The molecule has 2 aromatic carbocycles. The van der Waals surface area contributed by atoms with Gasteiger partial charge in [0.25, 0.3) is 0 Å². The van der Waals surface area contributed by atoms with Gasteiger partial charge in [-0.1, -0.05) is 12.1 Å². The Morgan fingerprint density at radius 3 is 2.70 bits per heavy atom. The Bertz CT molecular complexity index is 960. The minimum Gasteiger partial charge on any atom is -0.497 e. The van der Waals surface area contributed by atoms with E-state index in [1.165, 1.54) is 28.9 Å². The summed E-state index contributed by atoms with van der Waals surface area (Å²) in [7, 11) is 4.49. The zero-order valence-corrected chi connectivity index (χ0v) is 15.1. The molecule has 0 unspecified atom stereocenters. The monoisotopic (exact) mass is 371 g/mol. The summed E-state index contributed by atoms with van der Waals surface area (Å²) in [6, 6.07) is 11.5. The standard InChI is InChI=1S/C18H18FN5O3/c1-23(13-7-8-16(27-3)15(19)10-13)17(25)11-24-21-18(20-22-24)12-5-4-6-14(9-12)26-2/h4-10H,11H2,1-3H3. The van der Waals surface area contributed by atoms with E-state index in [9.17, 15) is 9.18 Å². The molecule has 0 aliphatic rings. The first-order valence-corrected chi connectivity index (χ1v) is 8.04. The van der Waals surface area contributed by atoms with Crippen LogP contribution in [0.4, 0.5) is 10.1 Å². The second kappa shape index (κ2) is 7.81. The first-order valence-electron chi connectivity index (χ1n) is 8.04. The van der Waals surface area contributed by atoms with Gasteiger partial charge >= 0.3 is 0 Å². The summed E-state index contributed by atoms with van der Waals surface area (Å²) in [6.07, 6.45) is 0. The lowest BCUT2D eigenvalue weighted by Crippen LogP contribution is -2.30. The Kier molecular flexibility index (Phi) is 5.30. The molecule has 1 amide bonds. The average molecular weight is 371 g/mol. The number of methoxy groups -OCH3 is 2. The predicted molar refractivity (Wildman–Crippen MR) is 96.2 cm³/mol. The molecule has 8 nitrogen and oxygen atoms in total. The Balaban J connectivity index is 1.72. The van der Waals surface area contributed by atoms with Gasteiger partial charge in [-0.3, -0.25) is 4.79 Å². The lowest BCUT2D eigenvalue weighted by Gasteiger charge is -2.17. The summed E-state index contributed by atoms with van der Waals surface area (Å²) in [5.74, 6) is 0.282. The van der Waals surface area contributed by atoms with Crippen LogP contribution in [0.25, 0.3) is 11.4 Å². The number of hydrogen-bond donors (Lipinski definition) is 0. The van der Waals surface area contributed by atoms with Crippen LogP contribution >= 0.6 is 0 Å². The molecule has 27 heavy (non-hydrogen) atoms. The van der Waals surface area contributed by atoms with Crippen LogP contribution in [0.3, 0.4) is 0 Å². The number of hydrogen-bond acceptors (Lipinski definition) is 6. The third-order valence-electron chi connectivity index (χ3n) is 3.95. The quantitative estimate of drug-likeness (QED) is 0.660. The fourth-order valence-electron chi connectivity index (χ4n) is 2.42. The van der Waals surface area contributed by atoms with Crippen molar-refractivity contribution < 1.29 is 18.7 Å². The molecule has 1 heterocycles. The molecule has 140 valence electrons. The van der Waals surface area contributed by atoms with Gasteiger partial charge in [-0.2, -0.15) is 4.80 Å². The van der Waals surface area contributed by atoms with Crippen molar-refractivity contribution in [1.82, 2.24) is 20.2 Å². The number of anilines is 1. The summed E-state index contributed by atoms with van der Waals surface area (Å²) < 4.78 is 23.9. The third-order valence-corrected chi connectivity index (χ3v) is 3.95. The molecule has 0 atom stereocenters. The molecule has 1 aromatic heterocycles. The van der Waals surface area contributed by atoms with Crippen LogP contribution in [0.5, 0.6) is 11.5 Å². The number of nitrogens with zero attached hydrogens (tertiary/aromatic N) is 5. The topological polar surface area (TPSA) is 82.4 Å². The Labute approximate surface area is 155 Å². The number of carbonyl (C=O) groups excluding carboxylic acids is 1. The van der Waals surface area contributed by atoms with Gasteiger partial charge in [0, 0.05) is 24.4 Å². The molecule has 0 saturated heterocycles. The maximum atomic E-state index is 13.8. The molecule has 3 aromatic rings. The van der Waals surface area contributed by atoms with E-state index in [-0.39, 0.29) is 18.2 Å². The number of likely N-dealkylation sites (N-methyl/N-ethyl adjacent to an activating group) is 1. The van der Waals surface area contributed by atoms with Crippen molar-refractivity contribution in [2.24, 2.45) is 0 Å². The number of carbonyl (C=O) groups is 1. The van der Waals surface area contributed by atoms with Crippen molar-refractivity contribution in [2.45, 2.75) is 6.54 Å². The summed E-state index contributed by atoms with van der Waals surface area (Å²) in [6.45, 7) is -0.138. The molecule has 0 N–H and O–H groups in total. The van der Waals surface area contributed by atoms with E-state index in [1.54, 1.807) is 32.4 Å². The van der Waals surface area contributed by atoms with E-state index < -0.39 is 5.82 Å². The zero-order valence-electron chi connectivity index (χ0n) is 15.1. The number of amides is 1. The number of tetrazole rings is 1. The Hall–Kier alpha value is -3.49. The fourth-order valence-corrected chi connectivity index (χ4v) is 2.42. The molecular formula is C18H18FN5O3. The molecule has 3 rings (SSSR count). The minimum absolute atomic E-state index is 0.112. The van der Waals surface area contributed by atoms with E-state index >= 15 is 0 Å². The predicted octanol–water partition coefficient (Wildman–Crippen LogP) is 2.16. The maximum absolute atomic E-state index is 13.8. The highest BCUT2D eigenvalue weighted by Gasteiger charge is 2.16. The van der Waals surface area contributed by atoms with Crippen molar-refractivity contribution in [1.29, 1.82) is 0 Å². The molecule has 0 spiro atoms.